The third kappa shape index (κ3) is 3.30. The molecule has 0 radical (unpaired) electrons. The molecule has 23 heavy (non-hydrogen) atoms. The van der Waals surface area contributed by atoms with E-state index in [1.807, 2.05) is 36.4 Å². The van der Waals surface area contributed by atoms with E-state index in [2.05, 4.69) is 10.3 Å². The molecule has 0 spiro atoms. The van der Waals surface area contributed by atoms with E-state index < -0.39 is 10.9 Å². The highest BCUT2D eigenvalue weighted by atomic mass is 32.2. The van der Waals surface area contributed by atoms with Crippen molar-refractivity contribution in [1.82, 2.24) is 4.98 Å². The number of carbonyl (C=O) groups excluding carboxylic acids is 3. The predicted molar refractivity (Wildman–Crippen MR) is 90.9 cm³/mol. The number of hydrogen-bond acceptors (Lipinski definition) is 6. The molecule has 0 aliphatic heterocycles. The lowest BCUT2D eigenvalue weighted by Gasteiger charge is -2.04. The van der Waals surface area contributed by atoms with Gasteiger partial charge in [0.2, 0.25) is 6.41 Å². The Bertz CT molecular complexity index is 900. The van der Waals surface area contributed by atoms with E-state index >= 15 is 0 Å². The Morgan fingerprint density at radius 3 is 2.74 bits per heavy atom. The van der Waals surface area contributed by atoms with Gasteiger partial charge in [-0.05, 0) is 28.6 Å². The molecule has 5 nitrogen and oxygen atoms in total. The van der Waals surface area contributed by atoms with Crippen LogP contribution in [0.2, 0.25) is 0 Å². The summed E-state index contributed by atoms with van der Waals surface area (Å²) in [7, 11) is 0. The van der Waals surface area contributed by atoms with Gasteiger partial charge in [0.15, 0.2) is 5.13 Å². The molecule has 0 saturated heterocycles. The number of aromatic nitrogens is 1. The highest BCUT2D eigenvalue weighted by molar-refractivity contribution is 8.15. The number of thiazole rings is 1. The molecule has 0 bridgehead atoms. The van der Waals surface area contributed by atoms with Crippen molar-refractivity contribution in [3.05, 3.63) is 53.5 Å². The number of Topliss-reactive ketones (excluding diaryl/α,β-unsaturated/α-hetero) is 1. The van der Waals surface area contributed by atoms with Gasteiger partial charge in [-0.15, -0.1) is 11.3 Å². The fraction of sp³-hybridized carbons (Fsp3) is 0. The number of benzene rings is 2. The molecule has 1 amide bonds. The second kappa shape index (κ2) is 6.72. The normalized spacial score (nSPS) is 10.4. The van der Waals surface area contributed by atoms with E-state index in [1.54, 1.807) is 6.07 Å². The smallest absolute Gasteiger partial charge is 0.266 e. The van der Waals surface area contributed by atoms with Crippen LogP contribution in [0.15, 0.2) is 52.7 Å². The van der Waals surface area contributed by atoms with E-state index in [4.69, 9.17) is 0 Å². The van der Waals surface area contributed by atoms with Crippen LogP contribution in [-0.2, 0) is 9.59 Å². The summed E-state index contributed by atoms with van der Waals surface area (Å²) in [6, 6.07) is 13.3. The van der Waals surface area contributed by atoms with E-state index in [1.165, 1.54) is 5.38 Å². The molecule has 0 saturated carbocycles. The highest BCUT2D eigenvalue weighted by Crippen LogP contribution is 2.29. The van der Waals surface area contributed by atoms with Crippen LogP contribution >= 0.6 is 23.1 Å². The molecule has 0 unspecified atom stereocenters. The van der Waals surface area contributed by atoms with Gasteiger partial charge in [0.05, 0.1) is 0 Å². The largest absolute Gasteiger partial charge is 0.305 e. The second-order valence-corrected chi connectivity index (χ2v) is 6.37. The van der Waals surface area contributed by atoms with Crippen LogP contribution in [0.1, 0.15) is 10.5 Å². The zero-order valence-corrected chi connectivity index (χ0v) is 13.3. The van der Waals surface area contributed by atoms with Crippen LogP contribution in [0.5, 0.6) is 0 Å². The van der Waals surface area contributed by atoms with Crippen LogP contribution in [0.25, 0.3) is 10.8 Å². The van der Waals surface area contributed by atoms with Crippen molar-refractivity contribution < 1.29 is 14.4 Å². The Balaban J connectivity index is 1.82. The molecule has 1 aromatic heterocycles. The molecule has 1 heterocycles. The number of nitrogens with one attached hydrogen (secondary N) is 1. The van der Waals surface area contributed by atoms with Gasteiger partial charge in [0, 0.05) is 10.3 Å². The van der Waals surface area contributed by atoms with Crippen LogP contribution in [0, 0.1) is 0 Å². The lowest BCUT2D eigenvalue weighted by molar-refractivity contribution is -0.107. The SMILES string of the molecule is O=CNc1nc(C(=O)C(=O)Sc2cccc3ccccc23)cs1. The van der Waals surface area contributed by atoms with Crippen molar-refractivity contribution in [2.75, 3.05) is 5.32 Å². The van der Waals surface area contributed by atoms with E-state index in [9.17, 15) is 14.4 Å². The summed E-state index contributed by atoms with van der Waals surface area (Å²) in [5.74, 6) is -0.682. The first-order valence-corrected chi connectivity index (χ1v) is 8.28. The quantitative estimate of drug-likeness (QED) is 0.333. The van der Waals surface area contributed by atoms with Gasteiger partial charge in [-0.3, -0.25) is 14.4 Å². The van der Waals surface area contributed by atoms with Gasteiger partial charge < -0.3 is 5.32 Å². The van der Waals surface area contributed by atoms with Crippen LogP contribution < -0.4 is 5.32 Å². The van der Waals surface area contributed by atoms with Gasteiger partial charge in [0.25, 0.3) is 10.9 Å². The first-order chi connectivity index (χ1) is 11.2. The minimum atomic E-state index is -0.682. The number of ketones is 1. The number of rotatable bonds is 5. The average Bonchev–Trinajstić information content (AvgIpc) is 3.03. The molecule has 7 heteroatoms. The molecule has 0 aliphatic carbocycles. The maximum atomic E-state index is 12.2. The van der Waals surface area contributed by atoms with Crippen molar-refractivity contribution in [1.29, 1.82) is 0 Å². The molecule has 2 aromatic carbocycles. The number of nitrogens with zero attached hydrogens (tertiary/aromatic N) is 1. The summed E-state index contributed by atoms with van der Waals surface area (Å²) >= 11 is 1.98. The Morgan fingerprint density at radius 1 is 1.13 bits per heavy atom. The molecule has 0 fully saturated rings. The van der Waals surface area contributed by atoms with Gasteiger partial charge in [-0.2, -0.15) is 0 Å². The topological polar surface area (TPSA) is 76.1 Å². The molecule has 1 N–H and O–H groups in total. The van der Waals surface area contributed by atoms with Gasteiger partial charge in [-0.25, -0.2) is 4.98 Å². The number of carbonyl (C=O) groups is 3. The second-order valence-electron chi connectivity index (χ2n) is 4.50. The van der Waals surface area contributed by atoms with E-state index in [0.29, 0.717) is 6.41 Å². The number of thioether (sulfide) groups is 1. The molecule has 114 valence electrons. The number of amides is 1. The lowest BCUT2D eigenvalue weighted by Crippen LogP contribution is -2.11. The van der Waals surface area contributed by atoms with E-state index in [-0.39, 0.29) is 10.8 Å². The number of hydrogen-bond donors (Lipinski definition) is 1. The van der Waals surface area contributed by atoms with E-state index in [0.717, 1.165) is 38.8 Å². The van der Waals surface area contributed by atoms with Crippen molar-refractivity contribution in [2.45, 2.75) is 4.90 Å². The zero-order valence-electron chi connectivity index (χ0n) is 11.7. The standard InChI is InChI=1S/C16H10N2O3S2/c19-9-17-16-18-12(8-22-16)14(20)15(21)23-13-7-3-5-10-4-1-2-6-11(10)13/h1-9H,(H,17,18,19). The molecular formula is C16H10N2O3S2. The van der Waals surface area contributed by atoms with Gasteiger partial charge in [0.1, 0.15) is 5.69 Å². The molecule has 0 atom stereocenters. The number of anilines is 1. The third-order valence-corrected chi connectivity index (χ3v) is 4.78. The molecule has 3 rings (SSSR count). The third-order valence-electron chi connectivity index (χ3n) is 3.06. The van der Waals surface area contributed by atoms with Gasteiger partial charge in [-0.1, -0.05) is 36.4 Å². The Hall–Kier alpha value is -2.51. The van der Waals surface area contributed by atoms with Crippen molar-refractivity contribution in [3.8, 4) is 0 Å². The average molecular weight is 342 g/mol. The fourth-order valence-electron chi connectivity index (χ4n) is 2.03. The van der Waals surface area contributed by atoms with Gasteiger partial charge >= 0.3 is 0 Å². The summed E-state index contributed by atoms with van der Waals surface area (Å²) in [6.45, 7) is 0. The number of fused-ring (bicyclic) bond motifs is 1. The van der Waals surface area contributed by atoms with Crippen LogP contribution in [0.4, 0.5) is 5.13 Å². The first kappa shape index (κ1) is 15.4. The monoisotopic (exact) mass is 342 g/mol. The predicted octanol–water partition coefficient (Wildman–Crippen LogP) is 3.37. The molecule has 3 aromatic rings. The maximum Gasteiger partial charge on any atom is 0.266 e. The summed E-state index contributed by atoms with van der Waals surface area (Å²) < 4.78 is 0. The van der Waals surface area contributed by atoms with Crippen LogP contribution in [-0.4, -0.2) is 22.3 Å². The highest BCUT2D eigenvalue weighted by Gasteiger charge is 2.21. The minimum absolute atomic E-state index is 0.0390. The maximum absolute atomic E-state index is 12.2. The van der Waals surface area contributed by atoms with Crippen LogP contribution in [0.3, 0.4) is 0 Å². The fourth-order valence-corrected chi connectivity index (χ4v) is 3.52. The summed E-state index contributed by atoms with van der Waals surface area (Å²) in [4.78, 5) is 39.4. The Morgan fingerprint density at radius 2 is 1.91 bits per heavy atom. The Kier molecular flexibility index (Phi) is 4.50. The Labute approximate surface area is 139 Å². The summed E-state index contributed by atoms with van der Waals surface area (Å²) in [5.41, 5.74) is 0.0390. The van der Waals surface area contributed by atoms with Crippen molar-refractivity contribution in [3.63, 3.8) is 0 Å². The lowest BCUT2D eigenvalue weighted by atomic mass is 10.1. The summed E-state index contributed by atoms with van der Waals surface area (Å²) in [5, 5.41) is 5.41. The minimum Gasteiger partial charge on any atom is -0.305 e. The van der Waals surface area contributed by atoms with Crippen molar-refractivity contribution >= 4 is 56.3 Å². The summed E-state index contributed by atoms with van der Waals surface area (Å²) in [6.07, 6.45) is 0.472. The first-order valence-electron chi connectivity index (χ1n) is 6.59. The zero-order chi connectivity index (χ0) is 16.2. The molecular weight excluding hydrogens is 332 g/mol. The van der Waals surface area contributed by atoms with Crippen molar-refractivity contribution in [2.24, 2.45) is 0 Å². The molecule has 0 aliphatic rings.